The molecule has 0 spiro atoms. The lowest BCUT2D eigenvalue weighted by Crippen LogP contribution is -2.37. The molecule has 1 atom stereocenters. The molecule has 0 aliphatic rings. The summed E-state index contributed by atoms with van der Waals surface area (Å²) in [6, 6.07) is 5.65. The van der Waals surface area contributed by atoms with E-state index in [-0.39, 0.29) is 5.69 Å². The van der Waals surface area contributed by atoms with Gasteiger partial charge in [0.1, 0.15) is 11.6 Å². The Labute approximate surface area is 118 Å². The number of nitrogens with two attached hydrogens (primary N) is 1. The van der Waals surface area contributed by atoms with E-state index in [2.05, 4.69) is 0 Å². The maximum atomic E-state index is 11.7. The number of rotatable bonds is 5. The van der Waals surface area contributed by atoms with Gasteiger partial charge in [0, 0.05) is 11.6 Å². The highest BCUT2D eigenvalue weighted by molar-refractivity contribution is 5.75. The Morgan fingerprint density at radius 3 is 2.55 bits per heavy atom. The molecule has 2 N–H and O–H groups in total. The standard InChI is InChI=1S/C14H20N2O4/c1-14(2,3)20-13(17)11(15)9-8-10-6-4-5-7-12(10)16(18)19/h4-7,11H,8-9,15H2,1-3H3. The van der Waals surface area contributed by atoms with Crippen molar-refractivity contribution in [3.63, 3.8) is 0 Å². The van der Waals surface area contributed by atoms with Gasteiger partial charge in [-0.2, -0.15) is 0 Å². The predicted molar refractivity (Wildman–Crippen MR) is 75.2 cm³/mol. The average molecular weight is 280 g/mol. The maximum Gasteiger partial charge on any atom is 0.323 e. The highest BCUT2D eigenvalue weighted by Crippen LogP contribution is 2.20. The van der Waals surface area contributed by atoms with Gasteiger partial charge in [-0.15, -0.1) is 0 Å². The molecule has 1 rings (SSSR count). The van der Waals surface area contributed by atoms with E-state index < -0.39 is 22.5 Å². The summed E-state index contributed by atoms with van der Waals surface area (Å²) >= 11 is 0. The van der Waals surface area contributed by atoms with Crippen molar-refractivity contribution in [1.29, 1.82) is 0 Å². The Hall–Kier alpha value is -1.95. The Balaban J connectivity index is 2.64. The fourth-order valence-electron chi connectivity index (χ4n) is 1.71. The molecule has 110 valence electrons. The molecule has 0 aromatic heterocycles. The maximum absolute atomic E-state index is 11.7. The fraction of sp³-hybridized carbons (Fsp3) is 0.500. The number of ether oxygens (including phenoxy) is 1. The van der Waals surface area contributed by atoms with Crippen molar-refractivity contribution in [2.45, 2.75) is 45.3 Å². The second-order valence-electron chi connectivity index (χ2n) is 5.56. The van der Waals surface area contributed by atoms with Crippen LogP contribution in [0.2, 0.25) is 0 Å². The van der Waals surface area contributed by atoms with Crippen LogP contribution in [0.1, 0.15) is 32.8 Å². The van der Waals surface area contributed by atoms with Crippen LogP contribution < -0.4 is 5.73 Å². The molecule has 0 aliphatic carbocycles. The third-order valence-corrected chi connectivity index (χ3v) is 2.62. The van der Waals surface area contributed by atoms with Gasteiger partial charge in [0.25, 0.3) is 5.69 Å². The monoisotopic (exact) mass is 280 g/mol. The Bertz CT molecular complexity index is 494. The molecule has 0 fully saturated rings. The second-order valence-corrected chi connectivity index (χ2v) is 5.56. The summed E-state index contributed by atoms with van der Waals surface area (Å²) in [7, 11) is 0. The Morgan fingerprint density at radius 2 is 2.00 bits per heavy atom. The third-order valence-electron chi connectivity index (χ3n) is 2.62. The van der Waals surface area contributed by atoms with Crippen LogP contribution in [0.5, 0.6) is 0 Å². The first-order valence-electron chi connectivity index (χ1n) is 6.41. The summed E-state index contributed by atoms with van der Waals surface area (Å²) in [4.78, 5) is 22.2. The van der Waals surface area contributed by atoms with E-state index in [1.165, 1.54) is 6.07 Å². The minimum atomic E-state index is -0.783. The van der Waals surface area contributed by atoms with Crippen LogP contribution >= 0.6 is 0 Å². The molecule has 1 unspecified atom stereocenters. The number of nitro groups is 1. The largest absolute Gasteiger partial charge is 0.459 e. The number of para-hydroxylation sites is 1. The molecule has 1 aromatic carbocycles. The molecule has 0 radical (unpaired) electrons. The van der Waals surface area contributed by atoms with Crippen LogP contribution in [0.25, 0.3) is 0 Å². The molecule has 0 bridgehead atoms. The number of nitro benzene ring substituents is 1. The van der Waals surface area contributed by atoms with Gasteiger partial charge in [-0.1, -0.05) is 18.2 Å². The Kier molecular flexibility index (Phi) is 5.21. The zero-order valence-electron chi connectivity index (χ0n) is 12.0. The molecule has 0 amide bonds. The number of benzene rings is 1. The predicted octanol–water partition coefficient (Wildman–Crippen LogP) is 2.20. The van der Waals surface area contributed by atoms with Crippen molar-refractivity contribution < 1.29 is 14.5 Å². The molecular weight excluding hydrogens is 260 g/mol. The van der Waals surface area contributed by atoms with Crippen LogP contribution in [0.4, 0.5) is 5.69 Å². The second kappa shape index (κ2) is 6.47. The summed E-state index contributed by atoms with van der Waals surface area (Å²) in [5.41, 5.74) is 5.78. The number of aryl methyl sites for hydroxylation is 1. The van der Waals surface area contributed by atoms with Gasteiger partial charge >= 0.3 is 5.97 Å². The highest BCUT2D eigenvalue weighted by atomic mass is 16.6. The first kappa shape index (κ1) is 16.1. The number of hydrogen-bond acceptors (Lipinski definition) is 5. The quantitative estimate of drug-likeness (QED) is 0.506. The van der Waals surface area contributed by atoms with Gasteiger partial charge in [0.2, 0.25) is 0 Å². The highest BCUT2D eigenvalue weighted by Gasteiger charge is 2.23. The van der Waals surface area contributed by atoms with Crippen molar-refractivity contribution in [3.8, 4) is 0 Å². The summed E-state index contributed by atoms with van der Waals surface area (Å²) < 4.78 is 5.17. The zero-order valence-corrected chi connectivity index (χ0v) is 12.0. The Morgan fingerprint density at radius 1 is 1.40 bits per heavy atom. The number of nitrogens with zero attached hydrogens (tertiary/aromatic N) is 1. The molecule has 0 saturated heterocycles. The van der Waals surface area contributed by atoms with Gasteiger partial charge in [-0.25, -0.2) is 0 Å². The number of esters is 1. The average Bonchev–Trinajstić information content (AvgIpc) is 2.34. The molecule has 1 aromatic rings. The first-order valence-corrected chi connectivity index (χ1v) is 6.41. The molecule has 20 heavy (non-hydrogen) atoms. The van der Waals surface area contributed by atoms with Crippen molar-refractivity contribution in [1.82, 2.24) is 0 Å². The molecule has 0 heterocycles. The van der Waals surface area contributed by atoms with E-state index in [4.69, 9.17) is 10.5 Å². The van der Waals surface area contributed by atoms with Gasteiger partial charge in [0.05, 0.1) is 4.92 Å². The van der Waals surface area contributed by atoms with Crippen molar-refractivity contribution in [3.05, 3.63) is 39.9 Å². The summed E-state index contributed by atoms with van der Waals surface area (Å²) in [6.45, 7) is 5.29. The van der Waals surface area contributed by atoms with Crippen LogP contribution in [0.15, 0.2) is 24.3 Å². The van der Waals surface area contributed by atoms with E-state index in [1.807, 2.05) is 0 Å². The van der Waals surface area contributed by atoms with E-state index in [9.17, 15) is 14.9 Å². The SMILES string of the molecule is CC(C)(C)OC(=O)C(N)CCc1ccccc1[N+](=O)[O-]. The van der Waals surface area contributed by atoms with Crippen LogP contribution in [0, 0.1) is 10.1 Å². The third kappa shape index (κ3) is 4.97. The van der Waals surface area contributed by atoms with Crippen molar-refractivity contribution >= 4 is 11.7 Å². The van der Waals surface area contributed by atoms with Gasteiger partial charge < -0.3 is 10.5 Å². The first-order chi connectivity index (χ1) is 9.20. The number of carbonyl (C=O) groups excluding carboxylic acids is 1. The molecule has 6 nitrogen and oxygen atoms in total. The van der Waals surface area contributed by atoms with E-state index in [0.29, 0.717) is 18.4 Å². The van der Waals surface area contributed by atoms with E-state index in [1.54, 1.807) is 39.0 Å². The van der Waals surface area contributed by atoms with Crippen molar-refractivity contribution in [2.75, 3.05) is 0 Å². The van der Waals surface area contributed by atoms with E-state index >= 15 is 0 Å². The molecular formula is C14H20N2O4. The minimum Gasteiger partial charge on any atom is -0.459 e. The van der Waals surface area contributed by atoms with E-state index in [0.717, 1.165) is 0 Å². The van der Waals surface area contributed by atoms with Gasteiger partial charge in [-0.3, -0.25) is 14.9 Å². The van der Waals surface area contributed by atoms with Crippen LogP contribution in [0.3, 0.4) is 0 Å². The number of hydrogen-bond donors (Lipinski definition) is 1. The topological polar surface area (TPSA) is 95.5 Å². The fourth-order valence-corrected chi connectivity index (χ4v) is 1.71. The van der Waals surface area contributed by atoms with Gasteiger partial charge in [-0.05, 0) is 33.6 Å². The lowest BCUT2D eigenvalue weighted by Gasteiger charge is -2.22. The lowest BCUT2D eigenvalue weighted by atomic mass is 10.0. The normalized spacial score (nSPS) is 12.8. The molecule has 6 heteroatoms. The summed E-state index contributed by atoms with van der Waals surface area (Å²) in [5.74, 6) is -0.490. The smallest absolute Gasteiger partial charge is 0.323 e. The van der Waals surface area contributed by atoms with Crippen LogP contribution in [-0.2, 0) is 16.0 Å². The lowest BCUT2D eigenvalue weighted by molar-refractivity contribution is -0.385. The number of carbonyl (C=O) groups is 1. The van der Waals surface area contributed by atoms with Crippen LogP contribution in [-0.4, -0.2) is 22.5 Å². The van der Waals surface area contributed by atoms with Crippen molar-refractivity contribution in [2.24, 2.45) is 5.73 Å². The summed E-state index contributed by atoms with van der Waals surface area (Å²) in [5, 5.41) is 10.9. The molecule has 0 aliphatic heterocycles. The van der Waals surface area contributed by atoms with Gasteiger partial charge in [0.15, 0.2) is 0 Å². The zero-order chi connectivity index (χ0) is 15.3. The minimum absolute atomic E-state index is 0.0453. The molecule has 0 saturated carbocycles. The summed E-state index contributed by atoms with van der Waals surface area (Å²) in [6.07, 6.45) is 0.664.